The number of pyridine rings is 1. The van der Waals surface area contributed by atoms with Crippen molar-refractivity contribution in [2.24, 2.45) is 0 Å². The molecular weight excluding hydrogens is 473 g/mol. The van der Waals surface area contributed by atoms with Crippen LogP contribution in [0.1, 0.15) is 35.7 Å². The summed E-state index contributed by atoms with van der Waals surface area (Å²) in [5.41, 5.74) is 0.638. The van der Waals surface area contributed by atoms with Crippen molar-refractivity contribution in [3.05, 3.63) is 54.0 Å². The molecule has 0 atom stereocenters. The maximum absolute atomic E-state index is 13.5. The smallest absolute Gasteiger partial charge is 0.416 e. The van der Waals surface area contributed by atoms with Crippen LogP contribution >= 0.6 is 0 Å². The van der Waals surface area contributed by atoms with Gasteiger partial charge in [-0.1, -0.05) is 0 Å². The number of alkyl halides is 5. The molecule has 0 radical (unpaired) electrons. The quantitative estimate of drug-likeness (QED) is 0.502. The van der Waals surface area contributed by atoms with Crippen molar-refractivity contribution >= 4 is 17.6 Å². The molecule has 0 spiro atoms. The van der Waals surface area contributed by atoms with Crippen LogP contribution in [0.4, 0.5) is 39.5 Å². The SMILES string of the molecule is FC1(F)CN(c2nc(Nc3cc(C(F)(F)F)ccn3)cc(C3CCN(Cc4cocn4)CC3)n2)C1. The monoisotopic (exact) mass is 495 g/mol. The van der Waals surface area contributed by atoms with E-state index in [1.807, 2.05) is 0 Å². The summed E-state index contributed by atoms with van der Waals surface area (Å²) >= 11 is 0. The van der Waals surface area contributed by atoms with Gasteiger partial charge in [-0.15, -0.1) is 0 Å². The molecule has 0 unspecified atom stereocenters. The molecule has 2 fully saturated rings. The van der Waals surface area contributed by atoms with E-state index < -0.39 is 30.8 Å². The number of rotatable bonds is 6. The second kappa shape index (κ2) is 9.02. The number of hydrogen-bond acceptors (Lipinski definition) is 8. The average Bonchev–Trinajstić information content (AvgIpc) is 3.30. The first kappa shape index (κ1) is 23.4. The molecule has 0 aliphatic carbocycles. The van der Waals surface area contributed by atoms with E-state index in [-0.39, 0.29) is 23.5 Å². The Morgan fingerprint density at radius 3 is 2.49 bits per heavy atom. The number of likely N-dealkylation sites (tertiary alicyclic amines) is 1. The normalized spacial score (nSPS) is 18.9. The third-order valence-corrected chi connectivity index (χ3v) is 6.08. The van der Waals surface area contributed by atoms with Gasteiger partial charge in [0, 0.05) is 24.7 Å². The lowest BCUT2D eigenvalue weighted by Gasteiger charge is -2.39. The van der Waals surface area contributed by atoms with Gasteiger partial charge in [-0.3, -0.25) is 4.90 Å². The van der Waals surface area contributed by atoms with E-state index in [0.717, 1.165) is 50.0 Å². The molecule has 1 N–H and O–H groups in total. The Bertz CT molecular complexity index is 1160. The first-order chi connectivity index (χ1) is 16.6. The van der Waals surface area contributed by atoms with Crippen LogP contribution in [0, 0.1) is 0 Å². The molecule has 0 bridgehead atoms. The number of anilines is 3. The summed E-state index contributed by atoms with van der Waals surface area (Å²) < 4.78 is 71.2. The number of nitrogens with one attached hydrogen (secondary N) is 1. The van der Waals surface area contributed by atoms with Crippen LogP contribution in [0.25, 0.3) is 0 Å². The van der Waals surface area contributed by atoms with Gasteiger partial charge < -0.3 is 14.6 Å². The van der Waals surface area contributed by atoms with Gasteiger partial charge in [0.2, 0.25) is 5.95 Å². The second-order valence-corrected chi connectivity index (χ2v) is 8.77. The molecule has 3 aromatic heterocycles. The van der Waals surface area contributed by atoms with Crippen molar-refractivity contribution in [1.29, 1.82) is 0 Å². The van der Waals surface area contributed by atoms with Gasteiger partial charge in [-0.25, -0.2) is 23.7 Å². The molecule has 2 aliphatic rings. The Hall–Kier alpha value is -3.35. The summed E-state index contributed by atoms with van der Waals surface area (Å²) in [5.74, 6) is -2.50. The highest BCUT2D eigenvalue weighted by Crippen LogP contribution is 2.35. The van der Waals surface area contributed by atoms with Gasteiger partial charge in [-0.2, -0.15) is 18.2 Å². The van der Waals surface area contributed by atoms with Crippen molar-refractivity contribution in [1.82, 2.24) is 24.8 Å². The van der Waals surface area contributed by atoms with Crippen LogP contribution in [-0.4, -0.2) is 56.9 Å². The minimum atomic E-state index is -4.52. The third kappa shape index (κ3) is 5.50. The van der Waals surface area contributed by atoms with E-state index in [4.69, 9.17) is 4.42 Å². The fourth-order valence-electron chi connectivity index (χ4n) is 4.26. The van der Waals surface area contributed by atoms with E-state index >= 15 is 0 Å². The zero-order valence-electron chi connectivity index (χ0n) is 18.5. The van der Waals surface area contributed by atoms with Gasteiger partial charge in [0.15, 0.2) is 6.39 Å². The molecule has 3 aromatic rings. The number of nitrogens with zero attached hydrogens (tertiary/aromatic N) is 6. The van der Waals surface area contributed by atoms with E-state index in [0.29, 0.717) is 12.2 Å². The predicted octanol–water partition coefficient (Wildman–Crippen LogP) is 4.46. The van der Waals surface area contributed by atoms with Crippen molar-refractivity contribution in [3.63, 3.8) is 0 Å². The summed E-state index contributed by atoms with van der Waals surface area (Å²) in [5, 5.41) is 2.79. The van der Waals surface area contributed by atoms with Crippen LogP contribution in [0.3, 0.4) is 0 Å². The average molecular weight is 495 g/mol. The van der Waals surface area contributed by atoms with E-state index in [9.17, 15) is 22.0 Å². The number of oxazole rings is 1. The summed E-state index contributed by atoms with van der Waals surface area (Å²) in [7, 11) is 0. The topological polar surface area (TPSA) is 83.2 Å². The zero-order chi connectivity index (χ0) is 24.6. The Balaban J connectivity index is 1.35. The minimum Gasteiger partial charge on any atom is -0.451 e. The highest BCUT2D eigenvalue weighted by molar-refractivity contribution is 5.56. The van der Waals surface area contributed by atoms with Gasteiger partial charge >= 0.3 is 6.18 Å². The maximum Gasteiger partial charge on any atom is 0.416 e. The van der Waals surface area contributed by atoms with Crippen molar-refractivity contribution in [2.75, 3.05) is 36.4 Å². The highest BCUT2D eigenvalue weighted by Gasteiger charge is 2.45. The Morgan fingerprint density at radius 1 is 1.06 bits per heavy atom. The molecule has 2 saturated heterocycles. The molecule has 0 aromatic carbocycles. The van der Waals surface area contributed by atoms with Gasteiger partial charge in [-0.05, 0) is 38.1 Å². The molecule has 0 amide bonds. The summed E-state index contributed by atoms with van der Waals surface area (Å²) in [6.07, 6.45) is 1.06. The molecular formula is C22H22F5N7O. The Labute approximate surface area is 197 Å². The third-order valence-electron chi connectivity index (χ3n) is 6.08. The number of piperidine rings is 1. The van der Waals surface area contributed by atoms with E-state index in [1.165, 1.54) is 11.3 Å². The minimum absolute atomic E-state index is 0.0436. The van der Waals surface area contributed by atoms with Crippen molar-refractivity contribution in [3.8, 4) is 0 Å². The zero-order valence-corrected chi connectivity index (χ0v) is 18.5. The molecule has 2 aliphatic heterocycles. The lowest BCUT2D eigenvalue weighted by molar-refractivity contribution is -0.137. The molecule has 5 rings (SSSR count). The van der Waals surface area contributed by atoms with Crippen LogP contribution < -0.4 is 10.2 Å². The Morgan fingerprint density at radius 2 is 1.83 bits per heavy atom. The number of halogens is 5. The fourth-order valence-corrected chi connectivity index (χ4v) is 4.26. The summed E-state index contributed by atoms with van der Waals surface area (Å²) in [6.45, 7) is 1.20. The van der Waals surface area contributed by atoms with Crippen molar-refractivity contribution in [2.45, 2.75) is 37.4 Å². The number of aromatic nitrogens is 4. The lowest BCUT2D eigenvalue weighted by Crippen LogP contribution is -2.57. The standard InChI is InChI=1S/C22H22F5N7O/c23-21(24)11-34(12-21)20-30-17(14-2-5-33(6-3-14)9-16-10-35-13-29-16)8-19(32-20)31-18-7-15(1-4-28-18)22(25,26)27/h1,4,7-8,10,13-14H,2-3,5-6,9,11-12H2,(H,28,30,31,32). The highest BCUT2D eigenvalue weighted by atomic mass is 19.4. The van der Waals surface area contributed by atoms with E-state index in [1.54, 1.807) is 12.3 Å². The first-order valence-electron chi connectivity index (χ1n) is 11.1. The number of hydrogen-bond donors (Lipinski definition) is 1. The summed E-state index contributed by atoms with van der Waals surface area (Å²) in [6, 6.07) is 3.40. The first-order valence-corrected chi connectivity index (χ1v) is 11.1. The molecule has 13 heteroatoms. The van der Waals surface area contributed by atoms with Gasteiger partial charge in [0.25, 0.3) is 5.92 Å². The van der Waals surface area contributed by atoms with Crippen LogP contribution in [-0.2, 0) is 12.7 Å². The lowest BCUT2D eigenvalue weighted by atomic mass is 9.93. The van der Waals surface area contributed by atoms with Gasteiger partial charge in [0.1, 0.15) is 17.9 Å². The second-order valence-electron chi connectivity index (χ2n) is 8.77. The largest absolute Gasteiger partial charge is 0.451 e. The van der Waals surface area contributed by atoms with Crippen LogP contribution in [0.2, 0.25) is 0 Å². The molecule has 0 saturated carbocycles. The van der Waals surface area contributed by atoms with Crippen LogP contribution in [0.15, 0.2) is 41.5 Å². The summed E-state index contributed by atoms with van der Waals surface area (Å²) in [4.78, 5) is 20.5. The fraction of sp³-hybridized carbons (Fsp3) is 0.455. The molecule has 5 heterocycles. The van der Waals surface area contributed by atoms with Crippen LogP contribution in [0.5, 0.6) is 0 Å². The Kier molecular flexibility index (Phi) is 6.03. The molecule has 186 valence electrons. The maximum atomic E-state index is 13.5. The predicted molar refractivity (Wildman–Crippen MR) is 115 cm³/mol. The molecule has 35 heavy (non-hydrogen) atoms. The van der Waals surface area contributed by atoms with E-state index in [2.05, 4.69) is 30.2 Å². The van der Waals surface area contributed by atoms with Gasteiger partial charge in [0.05, 0.1) is 30.0 Å². The molecule has 8 nitrogen and oxygen atoms in total. The van der Waals surface area contributed by atoms with Crippen molar-refractivity contribution < 1.29 is 26.4 Å².